The Morgan fingerprint density at radius 1 is 0.947 bits per heavy atom. The SMILES string of the molecule is COc1ccc([C@H](Cc2c(Cl)c[n+]([O-])cc2Cl)c2c(C(=O)O)nn(C)c2COc2cccc([C@@H](NC(=O)O[C@H]3CN4CCC3CC4)c3ccccc3)c2)cc1OC. The summed E-state index contributed by atoms with van der Waals surface area (Å²) < 4.78 is 25.5. The fourth-order valence-corrected chi connectivity index (χ4v) is 8.53. The van der Waals surface area contributed by atoms with Crippen LogP contribution in [0.15, 0.2) is 85.2 Å². The lowest BCUT2D eigenvalue weighted by molar-refractivity contribution is -0.605. The first-order valence-electron chi connectivity index (χ1n) is 18.6. The standard InChI is InChI=1S/C42H43Cl2N5O8/c1-47-34(38(40(46-47)41(50)51)30(20-31-32(43)21-49(53)22-33(31)44)27-12-13-35(54-2)36(19-27)55-3)24-56-29-11-7-10-28(18-29)39(26-8-5-4-6-9-26)45-42(52)57-37-23-48-16-14-25(37)15-17-48/h4-13,18-19,21-22,25,30,37,39H,14-17,20,23-24H2,1-3H3,(H,45,52)(H,50,51)/t30-,37-,39-/m0/s1. The van der Waals surface area contributed by atoms with E-state index in [1.54, 1.807) is 31.3 Å². The summed E-state index contributed by atoms with van der Waals surface area (Å²) in [4.78, 5) is 28.6. The number of alkyl carbamates (subject to hydrolysis) is 1. The van der Waals surface area contributed by atoms with Crippen LogP contribution in [0.3, 0.4) is 0 Å². The number of aryl methyl sites for hydroxylation is 1. The van der Waals surface area contributed by atoms with Crippen molar-refractivity contribution >= 4 is 35.3 Å². The Morgan fingerprint density at radius 2 is 1.65 bits per heavy atom. The summed E-state index contributed by atoms with van der Waals surface area (Å²) in [7, 11) is 4.68. The maximum absolute atomic E-state index is 13.4. The minimum absolute atomic E-state index is 0.0821. The number of aromatic carboxylic acids is 1. The van der Waals surface area contributed by atoms with Gasteiger partial charge in [-0.2, -0.15) is 9.83 Å². The molecule has 5 heterocycles. The number of carboxylic acids is 1. The van der Waals surface area contributed by atoms with Crippen molar-refractivity contribution in [2.45, 2.75) is 43.9 Å². The van der Waals surface area contributed by atoms with Crippen molar-refractivity contribution in [1.29, 1.82) is 0 Å². The van der Waals surface area contributed by atoms with Gasteiger partial charge in [-0.1, -0.05) is 71.7 Å². The number of aromatic nitrogens is 3. The van der Waals surface area contributed by atoms with E-state index in [0.29, 0.717) is 50.3 Å². The summed E-state index contributed by atoms with van der Waals surface area (Å²) in [6.45, 7) is 2.74. The third-order valence-electron chi connectivity index (χ3n) is 10.9. The van der Waals surface area contributed by atoms with Crippen LogP contribution in [0.1, 0.15) is 68.8 Å². The molecule has 0 radical (unpaired) electrons. The smallest absolute Gasteiger partial charge is 0.408 e. The number of nitrogens with zero attached hydrogens (tertiary/aromatic N) is 4. The molecule has 298 valence electrons. The normalized spacial score (nSPS) is 18.4. The van der Waals surface area contributed by atoms with Gasteiger partial charge in [-0.05, 0) is 79.2 Å². The number of ether oxygens (including phenoxy) is 4. The largest absolute Gasteiger partial charge is 0.619 e. The average molecular weight is 817 g/mol. The molecule has 8 rings (SSSR count). The van der Waals surface area contributed by atoms with E-state index < -0.39 is 24.0 Å². The minimum Gasteiger partial charge on any atom is -0.619 e. The molecule has 13 nitrogen and oxygen atoms in total. The Kier molecular flexibility index (Phi) is 12.1. The fraction of sp³-hybridized carbons (Fsp3) is 0.333. The molecule has 0 saturated carbocycles. The third kappa shape index (κ3) is 8.75. The molecule has 2 N–H and O–H groups in total. The van der Waals surface area contributed by atoms with E-state index in [9.17, 15) is 19.9 Å². The second kappa shape index (κ2) is 17.3. The molecule has 5 aromatic rings. The highest BCUT2D eigenvalue weighted by molar-refractivity contribution is 6.35. The third-order valence-corrected chi connectivity index (χ3v) is 11.5. The summed E-state index contributed by atoms with van der Waals surface area (Å²) in [5, 5.41) is 30.4. The van der Waals surface area contributed by atoms with Gasteiger partial charge in [0.1, 0.15) is 28.5 Å². The second-order valence-corrected chi connectivity index (χ2v) is 15.0. The van der Waals surface area contributed by atoms with Crippen LogP contribution in [-0.2, 0) is 24.8 Å². The summed E-state index contributed by atoms with van der Waals surface area (Å²) in [5.74, 6) is -0.213. The van der Waals surface area contributed by atoms with Crippen molar-refractivity contribution in [3.63, 3.8) is 0 Å². The number of hydrogen-bond donors (Lipinski definition) is 2. The van der Waals surface area contributed by atoms with Crippen LogP contribution < -0.4 is 24.3 Å². The lowest BCUT2D eigenvalue weighted by Crippen LogP contribution is -2.52. The fourth-order valence-electron chi connectivity index (χ4n) is 7.93. The topological polar surface area (TPSA) is 151 Å². The first-order valence-corrected chi connectivity index (χ1v) is 19.3. The maximum atomic E-state index is 13.4. The number of piperidine rings is 3. The van der Waals surface area contributed by atoms with Gasteiger partial charge in [-0.3, -0.25) is 9.58 Å². The van der Waals surface area contributed by atoms with E-state index in [1.807, 2.05) is 48.5 Å². The molecule has 3 saturated heterocycles. The second-order valence-electron chi connectivity index (χ2n) is 14.2. The first-order chi connectivity index (χ1) is 27.5. The number of carboxylic acid groups (broad SMARTS) is 1. The van der Waals surface area contributed by atoms with E-state index in [1.165, 1.54) is 31.3 Å². The number of pyridine rings is 1. The van der Waals surface area contributed by atoms with E-state index in [4.69, 9.17) is 42.1 Å². The number of amides is 1. The molecule has 3 atom stereocenters. The van der Waals surface area contributed by atoms with E-state index in [2.05, 4.69) is 15.3 Å². The summed E-state index contributed by atoms with van der Waals surface area (Å²) in [6.07, 6.45) is 3.90. The Bertz CT molecular complexity index is 2220. The first kappa shape index (κ1) is 39.7. The van der Waals surface area contributed by atoms with Crippen molar-refractivity contribution in [3.8, 4) is 17.2 Å². The van der Waals surface area contributed by atoms with Gasteiger partial charge in [0.15, 0.2) is 29.6 Å². The summed E-state index contributed by atoms with van der Waals surface area (Å²) >= 11 is 13.2. The van der Waals surface area contributed by atoms with Gasteiger partial charge in [-0.25, -0.2) is 9.59 Å². The molecule has 57 heavy (non-hydrogen) atoms. The molecule has 2 bridgehead atoms. The number of hydrogen-bond acceptors (Lipinski definition) is 9. The van der Waals surface area contributed by atoms with Crippen molar-refractivity contribution in [2.24, 2.45) is 13.0 Å². The molecule has 0 unspecified atom stereocenters. The van der Waals surface area contributed by atoms with Crippen molar-refractivity contribution in [2.75, 3.05) is 33.9 Å². The quantitative estimate of drug-likeness (QED) is 0.0892. The number of rotatable bonds is 14. The highest BCUT2D eigenvalue weighted by Crippen LogP contribution is 2.40. The van der Waals surface area contributed by atoms with Gasteiger partial charge in [0, 0.05) is 30.6 Å². The number of nitrogens with one attached hydrogen (secondary N) is 1. The Labute approximate surface area is 340 Å². The highest BCUT2D eigenvalue weighted by atomic mass is 35.5. The highest BCUT2D eigenvalue weighted by Gasteiger charge is 2.37. The molecule has 2 aromatic heterocycles. The van der Waals surface area contributed by atoms with E-state index in [-0.39, 0.29) is 34.9 Å². The molecule has 0 spiro atoms. The number of methoxy groups -OCH3 is 2. The zero-order valence-electron chi connectivity index (χ0n) is 31.7. The van der Waals surface area contributed by atoms with Crippen LogP contribution in [0.5, 0.6) is 17.2 Å². The Hall–Kier alpha value is -5.50. The lowest BCUT2D eigenvalue weighted by atomic mass is 9.84. The molecule has 0 aliphatic carbocycles. The van der Waals surface area contributed by atoms with Crippen LogP contribution in [-0.4, -0.2) is 71.8 Å². The van der Waals surface area contributed by atoms with Crippen LogP contribution in [0.25, 0.3) is 0 Å². The predicted molar refractivity (Wildman–Crippen MR) is 212 cm³/mol. The number of carbonyl (C=O) groups excluding carboxylic acids is 1. The van der Waals surface area contributed by atoms with Gasteiger partial charge in [-0.15, -0.1) is 0 Å². The molecule has 1 amide bonds. The zero-order valence-corrected chi connectivity index (χ0v) is 33.2. The number of carbonyl (C=O) groups is 2. The Morgan fingerprint density at radius 3 is 2.30 bits per heavy atom. The van der Waals surface area contributed by atoms with Crippen LogP contribution in [0.4, 0.5) is 4.79 Å². The van der Waals surface area contributed by atoms with Crippen molar-refractivity contribution in [1.82, 2.24) is 20.0 Å². The van der Waals surface area contributed by atoms with E-state index in [0.717, 1.165) is 43.6 Å². The molecular formula is C42H43Cl2N5O8. The van der Waals surface area contributed by atoms with Crippen LogP contribution in [0, 0.1) is 11.1 Å². The molecule has 3 aliphatic heterocycles. The van der Waals surface area contributed by atoms with Crippen LogP contribution >= 0.6 is 23.2 Å². The number of fused-ring (bicyclic) bond motifs is 3. The summed E-state index contributed by atoms with van der Waals surface area (Å²) in [6, 6.07) is 21.7. The number of benzene rings is 3. The van der Waals surface area contributed by atoms with Crippen molar-refractivity contribution in [3.05, 3.63) is 140 Å². The zero-order chi connectivity index (χ0) is 40.2. The molecule has 3 fully saturated rings. The predicted octanol–water partition coefficient (Wildman–Crippen LogP) is 6.94. The van der Waals surface area contributed by atoms with Gasteiger partial charge in [0.05, 0.1) is 26.0 Å². The van der Waals surface area contributed by atoms with Crippen LogP contribution in [0.2, 0.25) is 10.0 Å². The van der Waals surface area contributed by atoms with E-state index >= 15 is 0 Å². The molecule has 15 heteroatoms. The Balaban J connectivity index is 1.21. The minimum atomic E-state index is -1.25. The maximum Gasteiger partial charge on any atom is 0.408 e. The lowest BCUT2D eigenvalue weighted by Gasteiger charge is -2.43. The van der Waals surface area contributed by atoms with Gasteiger partial charge in [0.2, 0.25) is 0 Å². The van der Waals surface area contributed by atoms with Gasteiger partial charge in [0.25, 0.3) is 0 Å². The van der Waals surface area contributed by atoms with Gasteiger partial charge >= 0.3 is 12.1 Å². The summed E-state index contributed by atoms with van der Waals surface area (Å²) in [5.41, 5.74) is 3.35. The molecule has 3 aliphatic rings. The van der Waals surface area contributed by atoms with Crippen molar-refractivity contribution < 1.29 is 38.4 Å². The molecular weight excluding hydrogens is 773 g/mol. The average Bonchev–Trinajstić information content (AvgIpc) is 3.55. The van der Waals surface area contributed by atoms with Gasteiger partial charge < -0.3 is 34.6 Å². The molecule has 3 aromatic carbocycles. The monoisotopic (exact) mass is 815 g/mol. The number of halogens is 2.